The smallest absolute Gasteiger partial charge is 0.407 e. The minimum absolute atomic E-state index is 0.217. The van der Waals surface area contributed by atoms with Gasteiger partial charge in [0.1, 0.15) is 5.60 Å². The van der Waals surface area contributed by atoms with Crippen molar-refractivity contribution in [2.75, 3.05) is 6.54 Å². The molecule has 2 aromatic heterocycles. The van der Waals surface area contributed by atoms with Crippen molar-refractivity contribution < 1.29 is 9.53 Å². The summed E-state index contributed by atoms with van der Waals surface area (Å²) >= 11 is 0. The van der Waals surface area contributed by atoms with Gasteiger partial charge in [-0.05, 0) is 20.8 Å². The third-order valence-corrected chi connectivity index (χ3v) is 2.77. The maximum atomic E-state index is 11.6. The Hall–Kier alpha value is -2.15. The molecule has 114 valence electrons. The number of nitrogens with zero attached hydrogens (tertiary/aromatic N) is 3. The highest BCUT2D eigenvalue weighted by Crippen LogP contribution is 2.08. The number of imidazole rings is 1. The second kappa shape index (κ2) is 6.09. The average Bonchev–Trinajstić information content (AvgIpc) is 2.78. The maximum Gasteiger partial charge on any atom is 0.407 e. The van der Waals surface area contributed by atoms with E-state index in [9.17, 15) is 4.79 Å². The molecule has 7 heteroatoms. The lowest BCUT2D eigenvalue weighted by molar-refractivity contribution is 0.0524. The van der Waals surface area contributed by atoms with E-state index in [-0.39, 0.29) is 6.04 Å². The summed E-state index contributed by atoms with van der Waals surface area (Å²) < 4.78 is 7.09. The van der Waals surface area contributed by atoms with Gasteiger partial charge in [-0.2, -0.15) is 0 Å². The fraction of sp³-hybridized carbons (Fsp3) is 0.500. The van der Waals surface area contributed by atoms with Gasteiger partial charge in [0.2, 0.25) is 0 Å². The number of alkyl carbamates (subject to hydrolysis) is 1. The van der Waals surface area contributed by atoms with Crippen molar-refractivity contribution in [2.45, 2.75) is 38.8 Å². The van der Waals surface area contributed by atoms with Gasteiger partial charge >= 0.3 is 6.09 Å². The van der Waals surface area contributed by atoms with E-state index in [2.05, 4.69) is 15.3 Å². The number of carbonyl (C=O) groups excluding carboxylic acids is 1. The Labute approximate surface area is 123 Å². The van der Waals surface area contributed by atoms with Crippen LogP contribution >= 0.6 is 0 Å². The zero-order valence-electron chi connectivity index (χ0n) is 12.5. The van der Waals surface area contributed by atoms with E-state index in [0.717, 1.165) is 11.3 Å². The number of ether oxygens (including phenoxy) is 1. The maximum absolute atomic E-state index is 11.6. The molecule has 7 nitrogen and oxygen atoms in total. The van der Waals surface area contributed by atoms with E-state index in [4.69, 9.17) is 10.5 Å². The molecule has 3 N–H and O–H groups in total. The lowest BCUT2D eigenvalue weighted by Crippen LogP contribution is -2.41. The number of nitrogens with one attached hydrogen (secondary N) is 1. The predicted octanol–water partition coefficient (Wildman–Crippen LogP) is 1.12. The summed E-state index contributed by atoms with van der Waals surface area (Å²) in [4.78, 5) is 19.8. The zero-order chi connectivity index (χ0) is 15.5. The Morgan fingerprint density at radius 2 is 2.24 bits per heavy atom. The van der Waals surface area contributed by atoms with Gasteiger partial charge in [0.05, 0.1) is 6.20 Å². The Kier molecular flexibility index (Phi) is 4.42. The molecule has 0 radical (unpaired) electrons. The second-order valence-electron chi connectivity index (χ2n) is 5.90. The molecular formula is C14H21N5O2. The number of aromatic nitrogens is 3. The van der Waals surface area contributed by atoms with Crippen LogP contribution in [0.4, 0.5) is 4.79 Å². The summed E-state index contributed by atoms with van der Waals surface area (Å²) in [6, 6.07) is -0.217. The van der Waals surface area contributed by atoms with Gasteiger partial charge in [-0.15, -0.1) is 0 Å². The molecule has 0 fully saturated rings. The first-order chi connectivity index (χ1) is 9.85. The monoisotopic (exact) mass is 291 g/mol. The van der Waals surface area contributed by atoms with Gasteiger partial charge in [-0.1, -0.05) is 0 Å². The summed E-state index contributed by atoms with van der Waals surface area (Å²) in [7, 11) is 0. The van der Waals surface area contributed by atoms with E-state index in [1.165, 1.54) is 0 Å². The number of hydrogen-bond donors (Lipinski definition) is 2. The molecule has 0 aliphatic heterocycles. The van der Waals surface area contributed by atoms with Crippen LogP contribution in [0.25, 0.3) is 5.65 Å². The van der Waals surface area contributed by atoms with Crippen LogP contribution in [0.2, 0.25) is 0 Å². The van der Waals surface area contributed by atoms with Crippen molar-refractivity contribution in [3.8, 4) is 0 Å². The molecule has 1 unspecified atom stereocenters. The third kappa shape index (κ3) is 4.42. The van der Waals surface area contributed by atoms with Crippen molar-refractivity contribution in [3.05, 3.63) is 30.5 Å². The molecule has 2 heterocycles. The molecule has 0 saturated heterocycles. The van der Waals surface area contributed by atoms with Crippen molar-refractivity contribution in [1.29, 1.82) is 0 Å². The van der Waals surface area contributed by atoms with E-state index < -0.39 is 11.7 Å². The van der Waals surface area contributed by atoms with Crippen LogP contribution in [0.15, 0.2) is 24.8 Å². The van der Waals surface area contributed by atoms with Crippen molar-refractivity contribution in [1.82, 2.24) is 19.7 Å². The van der Waals surface area contributed by atoms with Crippen LogP contribution < -0.4 is 11.1 Å². The fourth-order valence-electron chi connectivity index (χ4n) is 1.92. The fourth-order valence-corrected chi connectivity index (χ4v) is 1.92. The van der Waals surface area contributed by atoms with Gasteiger partial charge in [0, 0.05) is 43.3 Å². The molecular weight excluding hydrogens is 270 g/mol. The van der Waals surface area contributed by atoms with Crippen molar-refractivity contribution in [2.24, 2.45) is 5.73 Å². The van der Waals surface area contributed by atoms with Crippen LogP contribution in [0.5, 0.6) is 0 Å². The Balaban J connectivity index is 1.87. The van der Waals surface area contributed by atoms with E-state index in [1.807, 2.05) is 31.4 Å². The quantitative estimate of drug-likeness (QED) is 0.880. The first-order valence-corrected chi connectivity index (χ1v) is 6.83. The highest BCUT2D eigenvalue weighted by atomic mass is 16.6. The van der Waals surface area contributed by atoms with Crippen molar-refractivity contribution in [3.63, 3.8) is 0 Å². The largest absolute Gasteiger partial charge is 0.444 e. The van der Waals surface area contributed by atoms with Gasteiger partial charge in [-0.3, -0.25) is 4.98 Å². The number of fused-ring (bicyclic) bond motifs is 1. The number of rotatable bonds is 4. The summed E-state index contributed by atoms with van der Waals surface area (Å²) in [5, 5.41) is 2.67. The number of nitrogens with two attached hydrogens (primary N) is 1. The van der Waals surface area contributed by atoms with Crippen molar-refractivity contribution >= 4 is 11.7 Å². The molecule has 2 aromatic rings. The lowest BCUT2D eigenvalue weighted by Gasteiger charge is -2.20. The van der Waals surface area contributed by atoms with Crippen LogP contribution in [0, 0.1) is 0 Å². The SMILES string of the molecule is CC(C)(C)OC(=O)NCC(N)Cc1cnc2cnccn12. The summed E-state index contributed by atoms with van der Waals surface area (Å²) in [6.45, 7) is 5.80. The zero-order valence-corrected chi connectivity index (χ0v) is 12.5. The second-order valence-corrected chi connectivity index (χ2v) is 5.90. The van der Waals surface area contributed by atoms with Crippen LogP contribution in [-0.4, -0.2) is 38.6 Å². The minimum Gasteiger partial charge on any atom is -0.444 e. The molecule has 0 bridgehead atoms. The van der Waals surface area contributed by atoms with Crippen LogP contribution in [0.1, 0.15) is 26.5 Å². The molecule has 21 heavy (non-hydrogen) atoms. The molecule has 2 rings (SSSR count). The number of amides is 1. The standard InChI is InChI=1S/C14H21N5O2/c1-14(2,3)21-13(20)18-7-10(15)6-11-8-17-12-9-16-4-5-19(11)12/h4-5,8-10H,6-7,15H2,1-3H3,(H,18,20). The normalized spacial score (nSPS) is 13.1. The highest BCUT2D eigenvalue weighted by Gasteiger charge is 2.17. The lowest BCUT2D eigenvalue weighted by atomic mass is 10.2. The van der Waals surface area contributed by atoms with E-state index in [1.54, 1.807) is 18.6 Å². The predicted molar refractivity (Wildman–Crippen MR) is 78.9 cm³/mol. The van der Waals surface area contributed by atoms with Crippen LogP contribution in [-0.2, 0) is 11.2 Å². The Morgan fingerprint density at radius 1 is 1.48 bits per heavy atom. The molecule has 0 aliphatic rings. The van der Waals surface area contributed by atoms with E-state index in [0.29, 0.717) is 13.0 Å². The molecule has 1 amide bonds. The van der Waals surface area contributed by atoms with Crippen LogP contribution in [0.3, 0.4) is 0 Å². The number of carbonyl (C=O) groups is 1. The summed E-state index contributed by atoms with van der Waals surface area (Å²) in [5.41, 5.74) is 7.29. The van der Waals surface area contributed by atoms with E-state index >= 15 is 0 Å². The number of hydrogen-bond acceptors (Lipinski definition) is 5. The topological polar surface area (TPSA) is 94.5 Å². The first kappa shape index (κ1) is 15.2. The summed E-state index contributed by atoms with van der Waals surface area (Å²) in [5.74, 6) is 0. The molecule has 0 aromatic carbocycles. The van der Waals surface area contributed by atoms with Gasteiger partial charge < -0.3 is 20.2 Å². The average molecular weight is 291 g/mol. The molecule has 0 saturated carbocycles. The Bertz CT molecular complexity index is 617. The summed E-state index contributed by atoms with van der Waals surface area (Å²) in [6.07, 6.45) is 7.13. The molecule has 0 spiro atoms. The van der Waals surface area contributed by atoms with Gasteiger partial charge in [0.25, 0.3) is 0 Å². The van der Waals surface area contributed by atoms with Gasteiger partial charge in [0.15, 0.2) is 5.65 Å². The minimum atomic E-state index is -0.511. The first-order valence-electron chi connectivity index (χ1n) is 6.83. The third-order valence-electron chi connectivity index (χ3n) is 2.77. The Morgan fingerprint density at radius 3 is 2.95 bits per heavy atom. The molecule has 0 aliphatic carbocycles. The molecule has 1 atom stereocenters. The highest BCUT2D eigenvalue weighted by molar-refractivity contribution is 5.67. The van der Waals surface area contributed by atoms with Gasteiger partial charge in [-0.25, -0.2) is 9.78 Å².